The summed E-state index contributed by atoms with van der Waals surface area (Å²) >= 11 is 7.36. The van der Waals surface area contributed by atoms with Crippen molar-refractivity contribution in [2.24, 2.45) is 0 Å². The highest BCUT2D eigenvalue weighted by Gasteiger charge is 2.24. The van der Waals surface area contributed by atoms with Crippen LogP contribution in [0, 0.1) is 13.8 Å². The molecule has 1 saturated heterocycles. The minimum atomic E-state index is -0.0736. The van der Waals surface area contributed by atoms with Crippen molar-refractivity contribution in [2.75, 3.05) is 18.0 Å². The van der Waals surface area contributed by atoms with Crippen LogP contribution in [0.5, 0.6) is 0 Å². The fourth-order valence-electron chi connectivity index (χ4n) is 3.46. The first kappa shape index (κ1) is 18.2. The van der Waals surface area contributed by atoms with Crippen LogP contribution in [-0.2, 0) is 6.54 Å². The molecule has 7 heteroatoms. The second-order valence-electron chi connectivity index (χ2n) is 6.83. The number of hydrogen-bond acceptors (Lipinski definition) is 5. The van der Waals surface area contributed by atoms with E-state index in [1.165, 1.54) is 24.2 Å². The zero-order chi connectivity index (χ0) is 19.0. The monoisotopic (exact) mass is 400 g/mol. The van der Waals surface area contributed by atoms with Gasteiger partial charge in [-0.15, -0.1) is 11.3 Å². The van der Waals surface area contributed by atoms with E-state index >= 15 is 0 Å². The second kappa shape index (κ2) is 7.44. The van der Waals surface area contributed by atoms with Crippen molar-refractivity contribution in [1.29, 1.82) is 0 Å². The lowest BCUT2D eigenvalue weighted by molar-refractivity contribution is 0.0954. The van der Waals surface area contributed by atoms with Crippen LogP contribution in [-0.4, -0.2) is 29.0 Å². The van der Waals surface area contributed by atoms with E-state index in [9.17, 15) is 4.79 Å². The average Bonchev–Trinajstić information content (AvgIpc) is 3.29. The number of anilines is 1. The van der Waals surface area contributed by atoms with E-state index in [1.54, 1.807) is 0 Å². The Morgan fingerprint density at radius 1 is 1.19 bits per heavy atom. The molecule has 4 rings (SSSR count). The minimum absolute atomic E-state index is 0.0736. The third kappa shape index (κ3) is 3.64. The van der Waals surface area contributed by atoms with Crippen LogP contribution < -0.4 is 10.2 Å². The lowest BCUT2D eigenvalue weighted by Crippen LogP contribution is -2.22. The summed E-state index contributed by atoms with van der Waals surface area (Å²) in [5.74, 6) is 1.65. The Kier molecular flexibility index (Phi) is 5.02. The van der Waals surface area contributed by atoms with Gasteiger partial charge in [-0.2, -0.15) is 0 Å². The number of carbonyl (C=O) groups is 1. The quantitative estimate of drug-likeness (QED) is 0.700. The summed E-state index contributed by atoms with van der Waals surface area (Å²) in [4.78, 5) is 26.0. The molecule has 3 aromatic rings. The third-order valence-corrected chi connectivity index (χ3v) is 6.30. The highest BCUT2D eigenvalue weighted by Crippen LogP contribution is 2.36. The van der Waals surface area contributed by atoms with Crippen LogP contribution in [0.3, 0.4) is 0 Å². The molecule has 2 aromatic heterocycles. The van der Waals surface area contributed by atoms with E-state index in [0.29, 0.717) is 16.4 Å². The van der Waals surface area contributed by atoms with Crippen molar-refractivity contribution in [2.45, 2.75) is 33.2 Å². The maximum atomic E-state index is 12.8. The average molecular weight is 401 g/mol. The van der Waals surface area contributed by atoms with Crippen molar-refractivity contribution in [3.63, 3.8) is 0 Å². The van der Waals surface area contributed by atoms with E-state index < -0.39 is 0 Å². The molecule has 1 N–H and O–H groups in total. The summed E-state index contributed by atoms with van der Waals surface area (Å²) in [5.41, 5.74) is 1.98. The van der Waals surface area contributed by atoms with Crippen LogP contribution in [0.4, 0.5) is 5.82 Å². The molecule has 0 atom stereocenters. The first-order chi connectivity index (χ1) is 13.0. The van der Waals surface area contributed by atoms with Gasteiger partial charge in [-0.05, 0) is 49.9 Å². The van der Waals surface area contributed by atoms with Gasteiger partial charge in [-0.25, -0.2) is 9.97 Å². The van der Waals surface area contributed by atoms with Crippen LogP contribution >= 0.6 is 22.9 Å². The maximum absolute atomic E-state index is 12.8. The number of hydrogen-bond donors (Lipinski definition) is 1. The van der Waals surface area contributed by atoms with E-state index in [2.05, 4.69) is 15.2 Å². The van der Waals surface area contributed by atoms with Gasteiger partial charge in [-0.1, -0.05) is 23.7 Å². The molecule has 1 aromatic carbocycles. The molecule has 0 saturated carbocycles. The molecule has 0 aliphatic carbocycles. The number of rotatable bonds is 4. The maximum Gasteiger partial charge on any atom is 0.261 e. The van der Waals surface area contributed by atoms with Crippen LogP contribution in [0.2, 0.25) is 5.02 Å². The molecule has 0 bridgehead atoms. The van der Waals surface area contributed by atoms with Gasteiger partial charge in [0.2, 0.25) is 0 Å². The smallest absolute Gasteiger partial charge is 0.261 e. The van der Waals surface area contributed by atoms with Crippen molar-refractivity contribution < 1.29 is 4.79 Å². The Hall–Kier alpha value is -2.18. The van der Waals surface area contributed by atoms with Gasteiger partial charge in [-0.3, -0.25) is 4.79 Å². The first-order valence-electron chi connectivity index (χ1n) is 9.08. The molecule has 1 aliphatic heterocycles. The topological polar surface area (TPSA) is 58.1 Å². The number of halogens is 1. The van der Waals surface area contributed by atoms with Crippen molar-refractivity contribution in [3.8, 4) is 0 Å². The lowest BCUT2D eigenvalue weighted by Gasteiger charge is -2.18. The molecule has 5 nitrogen and oxygen atoms in total. The number of benzene rings is 1. The third-order valence-electron chi connectivity index (χ3n) is 4.86. The van der Waals surface area contributed by atoms with E-state index in [0.717, 1.165) is 46.1 Å². The molecule has 0 spiro atoms. The summed E-state index contributed by atoms with van der Waals surface area (Å²) in [6.07, 6.45) is 2.37. The highest BCUT2D eigenvalue weighted by atomic mass is 35.5. The van der Waals surface area contributed by atoms with Crippen molar-refractivity contribution in [1.82, 2.24) is 15.3 Å². The van der Waals surface area contributed by atoms with Crippen molar-refractivity contribution >= 4 is 44.9 Å². The molecule has 1 aliphatic rings. The molecule has 27 heavy (non-hydrogen) atoms. The Morgan fingerprint density at radius 3 is 2.59 bits per heavy atom. The molecule has 1 fully saturated rings. The van der Waals surface area contributed by atoms with Gasteiger partial charge in [0.05, 0.1) is 10.3 Å². The summed E-state index contributed by atoms with van der Waals surface area (Å²) in [6.45, 7) is 6.40. The van der Waals surface area contributed by atoms with Gasteiger partial charge >= 0.3 is 0 Å². The zero-order valence-electron chi connectivity index (χ0n) is 15.4. The molecule has 140 valence electrons. The number of aryl methyl sites for hydroxylation is 2. The summed E-state index contributed by atoms with van der Waals surface area (Å²) in [5, 5.41) is 4.71. The van der Waals surface area contributed by atoms with Crippen molar-refractivity contribution in [3.05, 3.63) is 51.1 Å². The van der Waals surface area contributed by atoms with Crippen LogP contribution in [0.15, 0.2) is 24.3 Å². The number of amides is 1. The largest absolute Gasteiger partial charge is 0.356 e. The number of nitrogens with one attached hydrogen (secondary N) is 1. The molecule has 3 heterocycles. The van der Waals surface area contributed by atoms with E-state index in [-0.39, 0.29) is 5.91 Å². The van der Waals surface area contributed by atoms with Gasteiger partial charge in [0, 0.05) is 24.7 Å². The van der Waals surface area contributed by atoms with Gasteiger partial charge in [0.1, 0.15) is 16.5 Å². The molecular weight excluding hydrogens is 380 g/mol. The molecular formula is C20H21ClN4OS. The highest BCUT2D eigenvalue weighted by molar-refractivity contribution is 7.20. The number of carbonyl (C=O) groups excluding carboxylic acids is 1. The number of thiophene rings is 1. The second-order valence-corrected chi connectivity index (χ2v) is 8.27. The van der Waals surface area contributed by atoms with Gasteiger partial charge in [0.25, 0.3) is 5.91 Å². The first-order valence-corrected chi connectivity index (χ1v) is 10.3. The predicted molar refractivity (Wildman–Crippen MR) is 111 cm³/mol. The standard InChI is InChI=1S/C20H21ClN4OS/c1-12-16-18(25-9-3-4-10-25)23-13(2)24-20(16)27-17(12)19(26)22-11-14-5-7-15(21)8-6-14/h5-8H,3-4,9-11H2,1-2H3,(H,22,26). The van der Waals surface area contributed by atoms with E-state index in [4.69, 9.17) is 16.6 Å². The number of nitrogens with zero attached hydrogens (tertiary/aromatic N) is 3. The summed E-state index contributed by atoms with van der Waals surface area (Å²) in [6, 6.07) is 7.49. The number of fused-ring (bicyclic) bond motifs is 1. The Bertz CT molecular complexity index is 993. The SMILES string of the molecule is Cc1nc(N2CCCC2)c2c(C)c(C(=O)NCc3ccc(Cl)cc3)sc2n1. The molecule has 0 radical (unpaired) electrons. The Morgan fingerprint density at radius 2 is 1.89 bits per heavy atom. The molecule has 0 unspecified atom stereocenters. The van der Waals surface area contributed by atoms with E-state index in [1.807, 2.05) is 38.1 Å². The van der Waals surface area contributed by atoms with Gasteiger partial charge < -0.3 is 10.2 Å². The zero-order valence-corrected chi connectivity index (χ0v) is 17.0. The summed E-state index contributed by atoms with van der Waals surface area (Å²) in [7, 11) is 0. The molecule has 1 amide bonds. The van der Waals surface area contributed by atoms with Crippen LogP contribution in [0.1, 0.15) is 39.5 Å². The predicted octanol–water partition coefficient (Wildman–Crippen LogP) is 4.49. The van der Waals surface area contributed by atoms with Crippen LogP contribution in [0.25, 0.3) is 10.2 Å². The normalized spacial score (nSPS) is 14.1. The van der Waals surface area contributed by atoms with Gasteiger partial charge in [0.15, 0.2) is 0 Å². The minimum Gasteiger partial charge on any atom is -0.356 e. The summed E-state index contributed by atoms with van der Waals surface area (Å²) < 4.78 is 0. The Balaban J connectivity index is 1.63. The number of aromatic nitrogens is 2. The fourth-order valence-corrected chi connectivity index (χ4v) is 4.72. The lowest BCUT2D eigenvalue weighted by atomic mass is 10.1. The fraction of sp³-hybridized carbons (Fsp3) is 0.350. The Labute approximate surface area is 167 Å².